The van der Waals surface area contributed by atoms with Gasteiger partial charge in [-0.25, -0.2) is 0 Å². The zero-order chi connectivity index (χ0) is 14.9. The molecule has 2 rings (SSSR count). The molecular weight excluding hydrogens is 280 g/mol. The highest BCUT2D eigenvalue weighted by molar-refractivity contribution is 8.00. The van der Waals surface area contributed by atoms with Crippen LogP contribution in [0, 0.1) is 0 Å². The third kappa shape index (κ3) is 5.27. The Morgan fingerprint density at radius 1 is 1.05 bits per heavy atom. The van der Waals surface area contributed by atoms with E-state index in [0.29, 0.717) is 6.61 Å². The number of ether oxygens (including phenoxy) is 1. The molecule has 0 aliphatic rings. The van der Waals surface area contributed by atoms with Crippen LogP contribution >= 0.6 is 11.8 Å². The Morgan fingerprint density at radius 3 is 2.29 bits per heavy atom. The molecular formula is C18H20O2S. The lowest BCUT2D eigenvalue weighted by molar-refractivity contribution is -0.142. The van der Waals surface area contributed by atoms with Gasteiger partial charge >= 0.3 is 5.97 Å². The van der Waals surface area contributed by atoms with Crippen molar-refractivity contribution in [1.29, 1.82) is 0 Å². The van der Waals surface area contributed by atoms with Crippen molar-refractivity contribution in [2.75, 3.05) is 6.61 Å². The fourth-order valence-electron chi connectivity index (χ4n) is 2.07. The molecule has 0 radical (unpaired) electrons. The maximum atomic E-state index is 12.1. The smallest absolute Gasteiger partial charge is 0.319 e. The van der Waals surface area contributed by atoms with Gasteiger partial charge in [0.1, 0.15) is 5.25 Å². The molecule has 2 aromatic rings. The van der Waals surface area contributed by atoms with Crippen molar-refractivity contribution in [3.8, 4) is 0 Å². The van der Waals surface area contributed by atoms with Crippen LogP contribution in [0.2, 0.25) is 0 Å². The first kappa shape index (κ1) is 15.6. The zero-order valence-electron chi connectivity index (χ0n) is 12.2. The minimum Gasteiger partial charge on any atom is -0.465 e. The van der Waals surface area contributed by atoms with E-state index >= 15 is 0 Å². The van der Waals surface area contributed by atoms with Gasteiger partial charge in [-0.05, 0) is 37.5 Å². The molecule has 0 fully saturated rings. The summed E-state index contributed by atoms with van der Waals surface area (Å²) in [5.41, 5.74) is 1.25. The van der Waals surface area contributed by atoms with E-state index in [-0.39, 0.29) is 11.2 Å². The van der Waals surface area contributed by atoms with Crippen LogP contribution in [0.5, 0.6) is 0 Å². The van der Waals surface area contributed by atoms with Gasteiger partial charge in [-0.15, -0.1) is 11.8 Å². The van der Waals surface area contributed by atoms with E-state index in [1.807, 2.05) is 55.5 Å². The lowest BCUT2D eigenvalue weighted by atomic mass is 10.1. The van der Waals surface area contributed by atoms with Crippen LogP contribution < -0.4 is 0 Å². The maximum absolute atomic E-state index is 12.1. The Labute approximate surface area is 130 Å². The van der Waals surface area contributed by atoms with Gasteiger partial charge in [-0.2, -0.15) is 0 Å². The fraction of sp³-hybridized carbons (Fsp3) is 0.278. The molecule has 0 aromatic heterocycles. The second-order valence-electron chi connectivity index (χ2n) is 4.70. The number of esters is 1. The van der Waals surface area contributed by atoms with Crippen LogP contribution in [0.4, 0.5) is 0 Å². The largest absolute Gasteiger partial charge is 0.465 e. The van der Waals surface area contributed by atoms with E-state index in [1.165, 1.54) is 5.56 Å². The number of benzene rings is 2. The van der Waals surface area contributed by atoms with Crippen LogP contribution in [0.15, 0.2) is 65.6 Å². The van der Waals surface area contributed by atoms with Crippen LogP contribution in [-0.2, 0) is 16.0 Å². The third-order valence-corrected chi connectivity index (χ3v) is 4.37. The normalized spacial score (nSPS) is 11.9. The van der Waals surface area contributed by atoms with Gasteiger partial charge in [0.05, 0.1) is 6.61 Å². The van der Waals surface area contributed by atoms with Crippen LogP contribution in [-0.4, -0.2) is 17.8 Å². The Morgan fingerprint density at radius 2 is 1.67 bits per heavy atom. The van der Waals surface area contributed by atoms with Gasteiger partial charge in [-0.1, -0.05) is 48.5 Å². The van der Waals surface area contributed by atoms with Crippen molar-refractivity contribution in [2.45, 2.75) is 29.9 Å². The van der Waals surface area contributed by atoms with Crippen molar-refractivity contribution in [3.05, 3.63) is 66.2 Å². The highest BCUT2D eigenvalue weighted by Gasteiger charge is 2.20. The Bertz CT molecular complexity index is 540. The average molecular weight is 300 g/mol. The van der Waals surface area contributed by atoms with Crippen molar-refractivity contribution < 1.29 is 9.53 Å². The predicted molar refractivity (Wildman–Crippen MR) is 87.5 cm³/mol. The van der Waals surface area contributed by atoms with Crippen molar-refractivity contribution in [1.82, 2.24) is 0 Å². The first-order valence-electron chi connectivity index (χ1n) is 7.22. The SMILES string of the molecule is CCOC(=O)C(CCc1ccccc1)Sc1ccccc1. The lowest BCUT2D eigenvalue weighted by Crippen LogP contribution is -2.21. The molecule has 2 aromatic carbocycles. The van der Waals surface area contributed by atoms with Gasteiger partial charge in [0.2, 0.25) is 0 Å². The molecule has 0 aliphatic carbocycles. The van der Waals surface area contributed by atoms with E-state index in [1.54, 1.807) is 11.8 Å². The van der Waals surface area contributed by atoms with Crippen LogP contribution in [0.25, 0.3) is 0 Å². The second-order valence-corrected chi connectivity index (χ2v) is 5.97. The summed E-state index contributed by atoms with van der Waals surface area (Å²) in [5.74, 6) is -0.123. The van der Waals surface area contributed by atoms with Crippen LogP contribution in [0.1, 0.15) is 18.9 Å². The molecule has 0 saturated carbocycles. The van der Waals surface area contributed by atoms with E-state index in [9.17, 15) is 4.79 Å². The molecule has 0 N–H and O–H groups in total. The zero-order valence-corrected chi connectivity index (χ0v) is 13.0. The second kappa shape index (κ2) is 8.53. The number of thioether (sulfide) groups is 1. The standard InChI is InChI=1S/C18H20O2S/c1-2-20-18(19)17(21-16-11-7-4-8-12-16)14-13-15-9-5-3-6-10-15/h3-12,17H,2,13-14H2,1H3. The molecule has 2 nitrogen and oxygen atoms in total. The minimum absolute atomic E-state index is 0.123. The maximum Gasteiger partial charge on any atom is 0.319 e. The van der Waals surface area contributed by atoms with Crippen molar-refractivity contribution >= 4 is 17.7 Å². The molecule has 3 heteroatoms. The van der Waals surface area contributed by atoms with E-state index in [4.69, 9.17) is 4.74 Å². The van der Waals surface area contributed by atoms with E-state index < -0.39 is 0 Å². The summed E-state index contributed by atoms with van der Waals surface area (Å²) in [6.07, 6.45) is 1.66. The number of hydrogen-bond acceptors (Lipinski definition) is 3. The average Bonchev–Trinajstić information content (AvgIpc) is 2.53. The van der Waals surface area contributed by atoms with Gasteiger partial charge in [-0.3, -0.25) is 4.79 Å². The highest BCUT2D eigenvalue weighted by atomic mass is 32.2. The molecule has 0 spiro atoms. The van der Waals surface area contributed by atoms with Crippen molar-refractivity contribution in [3.63, 3.8) is 0 Å². The molecule has 1 unspecified atom stereocenters. The van der Waals surface area contributed by atoms with Gasteiger partial charge < -0.3 is 4.74 Å². The number of rotatable bonds is 7. The van der Waals surface area contributed by atoms with Gasteiger partial charge in [0.25, 0.3) is 0 Å². The first-order valence-corrected chi connectivity index (χ1v) is 8.10. The van der Waals surface area contributed by atoms with E-state index in [2.05, 4.69) is 12.1 Å². The lowest BCUT2D eigenvalue weighted by Gasteiger charge is -2.15. The summed E-state index contributed by atoms with van der Waals surface area (Å²) in [6, 6.07) is 20.3. The summed E-state index contributed by atoms with van der Waals surface area (Å²) in [5, 5.41) is -0.160. The molecule has 0 saturated heterocycles. The molecule has 0 bridgehead atoms. The topological polar surface area (TPSA) is 26.3 Å². The fourth-order valence-corrected chi connectivity index (χ4v) is 3.11. The summed E-state index contributed by atoms with van der Waals surface area (Å²) >= 11 is 1.58. The quantitative estimate of drug-likeness (QED) is 0.562. The molecule has 21 heavy (non-hydrogen) atoms. The minimum atomic E-state index is -0.160. The van der Waals surface area contributed by atoms with E-state index in [0.717, 1.165) is 17.7 Å². The van der Waals surface area contributed by atoms with Gasteiger partial charge in [0, 0.05) is 4.90 Å². The third-order valence-electron chi connectivity index (χ3n) is 3.11. The molecule has 0 heterocycles. The summed E-state index contributed by atoms with van der Waals surface area (Å²) in [7, 11) is 0. The van der Waals surface area contributed by atoms with Crippen LogP contribution in [0.3, 0.4) is 0 Å². The first-order chi connectivity index (χ1) is 10.3. The molecule has 0 amide bonds. The summed E-state index contributed by atoms with van der Waals surface area (Å²) < 4.78 is 5.20. The Hall–Kier alpha value is -1.74. The summed E-state index contributed by atoms with van der Waals surface area (Å²) in [6.45, 7) is 2.27. The number of aryl methyl sites for hydroxylation is 1. The number of carbonyl (C=O) groups is 1. The number of hydrogen-bond donors (Lipinski definition) is 0. The monoisotopic (exact) mass is 300 g/mol. The predicted octanol–water partition coefficient (Wildman–Crippen LogP) is 4.34. The van der Waals surface area contributed by atoms with Gasteiger partial charge in [0.15, 0.2) is 0 Å². The molecule has 1 atom stereocenters. The molecule has 0 aliphatic heterocycles. The van der Waals surface area contributed by atoms with Crippen molar-refractivity contribution in [2.24, 2.45) is 0 Å². The number of carbonyl (C=O) groups excluding carboxylic acids is 1. The Kier molecular flexibility index (Phi) is 6.35. The molecule has 110 valence electrons. The Balaban J connectivity index is 2.00. The highest BCUT2D eigenvalue weighted by Crippen LogP contribution is 2.27. The summed E-state index contributed by atoms with van der Waals surface area (Å²) in [4.78, 5) is 13.2.